The topological polar surface area (TPSA) is 65.0 Å². The number of esters is 1. The third kappa shape index (κ3) is 16.8. The predicted molar refractivity (Wildman–Crippen MR) is 117 cm³/mol. The molecule has 1 N–H and O–H groups in total. The fourth-order valence-corrected chi connectivity index (χ4v) is 3.80. The summed E-state index contributed by atoms with van der Waals surface area (Å²) in [5.41, 5.74) is 0. The molecular weight excluding hydrogens is 368 g/mol. The fourth-order valence-electron chi connectivity index (χ4n) is 3.80. The standard InChI is InChI=1S/C24H46O5/c1-22-19-27-20-23(29-22)21-28-24(26)17-15-13-11-9-7-5-3-2-4-6-8-10-12-14-16-18-25/h22-23,25H,2-21H2,1H3. The zero-order valence-electron chi connectivity index (χ0n) is 18.9. The number of rotatable bonds is 19. The molecule has 0 spiro atoms. The summed E-state index contributed by atoms with van der Waals surface area (Å²) in [6, 6.07) is 0. The minimum Gasteiger partial charge on any atom is -0.463 e. The second-order valence-corrected chi connectivity index (χ2v) is 8.57. The molecule has 1 aliphatic heterocycles. The van der Waals surface area contributed by atoms with Crippen LogP contribution in [0, 0.1) is 0 Å². The molecule has 1 heterocycles. The smallest absolute Gasteiger partial charge is 0.305 e. The molecule has 2 unspecified atom stereocenters. The molecule has 29 heavy (non-hydrogen) atoms. The Bertz CT molecular complexity index is 374. The monoisotopic (exact) mass is 414 g/mol. The first-order valence-electron chi connectivity index (χ1n) is 12.2. The average molecular weight is 415 g/mol. The van der Waals surface area contributed by atoms with E-state index in [0.29, 0.717) is 32.8 Å². The van der Waals surface area contributed by atoms with Gasteiger partial charge in [0, 0.05) is 13.0 Å². The highest BCUT2D eigenvalue weighted by Gasteiger charge is 2.21. The van der Waals surface area contributed by atoms with Gasteiger partial charge in [-0.3, -0.25) is 4.79 Å². The molecule has 0 amide bonds. The highest BCUT2D eigenvalue weighted by atomic mass is 16.6. The number of hydrogen-bond acceptors (Lipinski definition) is 5. The molecule has 1 fully saturated rings. The molecular formula is C24H46O5. The van der Waals surface area contributed by atoms with Crippen molar-refractivity contribution in [3.8, 4) is 0 Å². The Morgan fingerprint density at radius 1 is 0.793 bits per heavy atom. The van der Waals surface area contributed by atoms with Gasteiger partial charge in [0.1, 0.15) is 12.7 Å². The van der Waals surface area contributed by atoms with E-state index in [1.807, 2.05) is 6.92 Å². The van der Waals surface area contributed by atoms with Crippen LogP contribution in [0.25, 0.3) is 0 Å². The van der Waals surface area contributed by atoms with E-state index < -0.39 is 0 Å². The Kier molecular flexibility index (Phi) is 17.6. The van der Waals surface area contributed by atoms with Crippen molar-refractivity contribution >= 4 is 5.97 Å². The largest absolute Gasteiger partial charge is 0.463 e. The third-order valence-corrected chi connectivity index (χ3v) is 5.55. The molecule has 2 atom stereocenters. The molecule has 172 valence electrons. The highest BCUT2D eigenvalue weighted by Crippen LogP contribution is 2.14. The number of aliphatic hydroxyl groups is 1. The Balaban J connectivity index is 1.75. The number of aliphatic hydroxyl groups excluding tert-OH is 1. The van der Waals surface area contributed by atoms with Gasteiger partial charge >= 0.3 is 5.97 Å². The van der Waals surface area contributed by atoms with Crippen molar-refractivity contribution in [1.29, 1.82) is 0 Å². The van der Waals surface area contributed by atoms with Crippen molar-refractivity contribution in [3.63, 3.8) is 0 Å². The lowest BCUT2D eigenvalue weighted by Crippen LogP contribution is -2.37. The number of hydrogen-bond donors (Lipinski definition) is 1. The van der Waals surface area contributed by atoms with Crippen molar-refractivity contribution in [2.45, 2.75) is 122 Å². The van der Waals surface area contributed by atoms with E-state index in [0.717, 1.165) is 19.3 Å². The summed E-state index contributed by atoms with van der Waals surface area (Å²) in [5.74, 6) is -0.111. The molecule has 0 radical (unpaired) electrons. The van der Waals surface area contributed by atoms with E-state index in [2.05, 4.69) is 0 Å². The minimum absolute atomic E-state index is 0.0836. The van der Waals surface area contributed by atoms with Crippen molar-refractivity contribution in [2.75, 3.05) is 26.4 Å². The number of carbonyl (C=O) groups is 1. The van der Waals surface area contributed by atoms with Gasteiger partial charge in [-0.05, 0) is 19.8 Å². The molecule has 1 saturated heterocycles. The maximum Gasteiger partial charge on any atom is 0.305 e. The van der Waals surface area contributed by atoms with Gasteiger partial charge in [-0.15, -0.1) is 0 Å². The van der Waals surface area contributed by atoms with Crippen LogP contribution >= 0.6 is 0 Å². The van der Waals surface area contributed by atoms with E-state index in [4.69, 9.17) is 19.3 Å². The van der Waals surface area contributed by atoms with Crippen molar-refractivity contribution in [1.82, 2.24) is 0 Å². The van der Waals surface area contributed by atoms with Crippen LogP contribution in [0.1, 0.15) is 110 Å². The van der Waals surface area contributed by atoms with Gasteiger partial charge < -0.3 is 19.3 Å². The predicted octanol–water partition coefficient (Wildman–Crippen LogP) is 5.57. The van der Waals surface area contributed by atoms with Gasteiger partial charge in [0.2, 0.25) is 0 Å². The first-order valence-corrected chi connectivity index (χ1v) is 12.2. The van der Waals surface area contributed by atoms with E-state index in [1.165, 1.54) is 77.0 Å². The average Bonchev–Trinajstić information content (AvgIpc) is 2.72. The maximum absolute atomic E-state index is 11.8. The SMILES string of the molecule is CC1COCC(COC(=O)CCCCCCCCCCCCCCCCCO)O1. The summed E-state index contributed by atoms with van der Waals surface area (Å²) in [7, 11) is 0. The van der Waals surface area contributed by atoms with Crippen molar-refractivity contribution in [3.05, 3.63) is 0 Å². The molecule has 1 aliphatic rings. The van der Waals surface area contributed by atoms with Gasteiger partial charge in [-0.25, -0.2) is 0 Å². The molecule has 1 rings (SSSR count). The highest BCUT2D eigenvalue weighted by molar-refractivity contribution is 5.69. The Morgan fingerprint density at radius 2 is 1.28 bits per heavy atom. The van der Waals surface area contributed by atoms with Gasteiger partial charge in [0.15, 0.2) is 0 Å². The molecule has 5 nitrogen and oxygen atoms in total. The van der Waals surface area contributed by atoms with E-state index in [1.54, 1.807) is 0 Å². The van der Waals surface area contributed by atoms with Crippen LogP contribution < -0.4 is 0 Å². The third-order valence-electron chi connectivity index (χ3n) is 5.55. The number of ether oxygens (including phenoxy) is 3. The van der Waals surface area contributed by atoms with E-state index >= 15 is 0 Å². The summed E-state index contributed by atoms with van der Waals surface area (Å²) in [6.45, 7) is 3.77. The first kappa shape index (κ1) is 26.4. The van der Waals surface area contributed by atoms with Gasteiger partial charge in [-0.1, -0.05) is 83.5 Å². The van der Waals surface area contributed by atoms with Crippen LogP contribution in [0.5, 0.6) is 0 Å². The van der Waals surface area contributed by atoms with Gasteiger partial charge in [0.05, 0.1) is 19.3 Å². The van der Waals surface area contributed by atoms with Crippen LogP contribution in [-0.4, -0.2) is 49.7 Å². The second-order valence-electron chi connectivity index (χ2n) is 8.57. The molecule has 0 aromatic heterocycles. The lowest BCUT2D eigenvalue weighted by atomic mass is 10.0. The fraction of sp³-hybridized carbons (Fsp3) is 0.958. The number of unbranched alkanes of at least 4 members (excludes halogenated alkanes) is 14. The summed E-state index contributed by atoms with van der Waals surface area (Å²) in [6.07, 6.45) is 19.3. The lowest BCUT2D eigenvalue weighted by molar-refractivity contribution is -0.167. The molecule has 0 saturated carbocycles. The zero-order valence-corrected chi connectivity index (χ0v) is 18.9. The normalized spacial score (nSPS) is 19.4. The molecule has 0 aliphatic carbocycles. The van der Waals surface area contributed by atoms with Crippen molar-refractivity contribution < 1.29 is 24.1 Å². The molecule has 0 aromatic carbocycles. The van der Waals surface area contributed by atoms with Crippen LogP contribution in [0.3, 0.4) is 0 Å². The summed E-state index contributed by atoms with van der Waals surface area (Å²) in [5, 5.41) is 8.73. The molecule has 0 bridgehead atoms. The first-order chi connectivity index (χ1) is 14.2. The quantitative estimate of drug-likeness (QED) is 0.221. The van der Waals surface area contributed by atoms with E-state index in [-0.39, 0.29) is 18.2 Å². The second kappa shape index (κ2) is 19.3. The molecule has 5 heteroatoms. The summed E-state index contributed by atoms with van der Waals surface area (Å²) < 4.78 is 16.4. The number of carbonyl (C=O) groups excluding carboxylic acids is 1. The van der Waals surface area contributed by atoms with E-state index in [9.17, 15) is 4.79 Å². The lowest BCUT2D eigenvalue weighted by Gasteiger charge is -2.27. The van der Waals surface area contributed by atoms with Gasteiger partial charge in [0.25, 0.3) is 0 Å². The van der Waals surface area contributed by atoms with Crippen LogP contribution in [-0.2, 0) is 19.0 Å². The maximum atomic E-state index is 11.8. The Hall–Kier alpha value is -0.650. The Morgan fingerprint density at radius 3 is 1.76 bits per heavy atom. The molecule has 0 aromatic rings. The summed E-state index contributed by atoms with van der Waals surface area (Å²) in [4.78, 5) is 11.8. The van der Waals surface area contributed by atoms with Crippen LogP contribution in [0.15, 0.2) is 0 Å². The van der Waals surface area contributed by atoms with Gasteiger partial charge in [-0.2, -0.15) is 0 Å². The zero-order chi connectivity index (χ0) is 21.0. The van der Waals surface area contributed by atoms with Crippen LogP contribution in [0.2, 0.25) is 0 Å². The van der Waals surface area contributed by atoms with Crippen molar-refractivity contribution in [2.24, 2.45) is 0 Å². The summed E-state index contributed by atoms with van der Waals surface area (Å²) >= 11 is 0. The minimum atomic E-state index is -0.112. The Labute approximate surface area is 178 Å². The van der Waals surface area contributed by atoms with Crippen LogP contribution in [0.4, 0.5) is 0 Å².